The summed E-state index contributed by atoms with van der Waals surface area (Å²) in [5.74, 6) is 0.723. The van der Waals surface area contributed by atoms with E-state index in [0.29, 0.717) is 23.2 Å². The zero-order valence-electron chi connectivity index (χ0n) is 12.0. The Bertz CT molecular complexity index is 515. The van der Waals surface area contributed by atoms with Crippen molar-refractivity contribution in [2.24, 2.45) is 0 Å². The molecule has 1 aromatic rings. The number of fused-ring (bicyclic) bond motifs is 1. The van der Waals surface area contributed by atoms with Gasteiger partial charge in [-0.15, -0.1) is 0 Å². The fraction of sp³-hybridized carbons (Fsp3) is 0.625. The average molecular weight is 330 g/mol. The lowest BCUT2D eigenvalue weighted by atomic mass is 9.84. The van der Waals surface area contributed by atoms with Crippen molar-refractivity contribution >= 4 is 23.2 Å². The molecule has 0 bridgehead atoms. The lowest BCUT2D eigenvalue weighted by Crippen LogP contribution is -2.44. The summed E-state index contributed by atoms with van der Waals surface area (Å²) in [6.07, 6.45) is 6.08. The quantitative estimate of drug-likeness (QED) is 0.877. The maximum absolute atomic E-state index is 10.6. The monoisotopic (exact) mass is 329 g/mol. The number of benzene rings is 1. The molecule has 3 nitrogen and oxygen atoms in total. The third-order valence-corrected chi connectivity index (χ3v) is 5.03. The smallest absolute Gasteiger partial charge is 0.142 e. The minimum absolute atomic E-state index is 0.135. The summed E-state index contributed by atoms with van der Waals surface area (Å²) in [7, 11) is 0. The topological polar surface area (TPSA) is 41.5 Å². The van der Waals surface area contributed by atoms with E-state index in [1.165, 1.54) is 6.42 Å². The highest BCUT2D eigenvalue weighted by molar-refractivity contribution is 6.35. The van der Waals surface area contributed by atoms with Gasteiger partial charge in [-0.05, 0) is 25.0 Å². The van der Waals surface area contributed by atoms with Gasteiger partial charge in [0, 0.05) is 29.6 Å². The Morgan fingerprint density at radius 3 is 2.76 bits per heavy atom. The Kier molecular flexibility index (Phi) is 4.65. The molecule has 2 aliphatic rings. The van der Waals surface area contributed by atoms with Crippen LogP contribution < -0.4 is 10.1 Å². The van der Waals surface area contributed by atoms with Crippen LogP contribution in [0.1, 0.15) is 50.1 Å². The number of rotatable bonds is 3. The van der Waals surface area contributed by atoms with Crippen LogP contribution in [0.15, 0.2) is 12.1 Å². The number of aliphatic hydroxyl groups is 1. The van der Waals surface area contributed by atoms with Crippen LogP contribution in [0.5, 0.6) is 5.75 Å². The summed E-state index contributed by atoms with van der Waals surface area (Å²) in [5, 5.41) is 15.3. The predicted octanol–water partition coefficient (Wildman–Crippen LogP) is 4.10. The molecule has 1 atom stereocenters. The molecule has 5 heteroatoms. The highest BCUT2D eigenvalue weighted by Crippen LogP contribution is 2.40. The van der Waals surface area contributed by atoms with Crippen molar-refractivity contribution in [1.29, 1.82) is 0 Å². The first-order valence-corrected chi connectivity index (χ1v) is 8.40. The first-order chi connectivity index (χ1) is 10.1. The van der Waals surface area contributed by atoms with Gasteiger partial charge in [-0.1, -0.05) is 42.5 Å². The number of ether oxygens (including phenoxy) is 1. The molecule has 0 saturated heterocycles. The molecule has 0 amide bonds. The fourth-order valence-corrected chi connectivity index (χ4v) is 3.90. The molecule has 0 spiro atoms. The molecule has 116 valence electrons. The van der Waals surface area contributed by atoms with Crippen molar-refractivity contribution in [2.75, 3.05) is 13.2 Å². The van der Waals surface area contributed by atoms with Crippen LogP contribution in [-0.2, 0) is 0 Å². The van der Waals surface area contributed by atoms with Crippen LogP contribution in [0.25, 0.3) is 0 Å². The van der Waals surface area contributed by atoms with Crippen molar-refractivity contribution in [2.45, 2.75) is 50.2 Å². The number of hydrogen-bond donors (Lipinski definition) is 2. The van der Waals surface area contributed by atoms with Gasteiger partial charge in [-0.2, -0.15) is 0 Å². The third-order valence-electron chi connectivity index (χ3n) is 4.53. The molecule has 1 unspecified atom stereocenters. The Balaban J connectivity index is 1.73. The van der Waals surface area contributed by atoms with Gasteiger partial charge < -0.3 is 15.2 Å². The first-order valence-electron chi connectivity index (χ1n) is 7.65. The van der Waals surface area contributed by atoms with E-state index in [1.807, 2.05) is 6.07 Å². The van der Waals surface area contributed by atoms with Crippen molar-refractivity contribution in [1.82, 2.24) is 5.32 Å². The molecule has 3 rings (SSSR count). The summed E-state index contributed by atoms with van der Waals surface area (Å²) in [5.41, 5.74) is 0.428. The Morgan fingerprint density at radius 2 is 2.00 bits per heavy atom. The lowest BCUT2D eigenvalue weighted by molar-refractivity contribution is 0.00152. The molecule has 1 aliphatic heterocycles. The Morgan fingerprint density at radius 1 is 1.24 bits per heavy atom. The van der Waals surface area contributed by atoms with E-state index >= 15 is 0 Å². The van der Waals surface area contributed by atoms with Gasteiger partial charge in [0.1, 0.15) is 5.75 Å². The molecule has 1 heterocycles. The molecule has 1 saturated carbocycles. The maximum Gasteiger partial charge on any atom is 0.142 e. The van der Waals surface area contributed by atoms with Crippen LogP contribution in [0.4, 0.5) is 0 Å². The van der Waals surface area contributed by atoms with E-state index < -0.39 is 5.60 Å². The lowest BCUT2D eigenvalue weighted by Gasteiger charge is -2.35. The molecular weight excluding hydrogens is 309 g/mol. The second-order valence-electron chi connectivity index (χ2n) is 6.16. The fourth-order valence-electron chi connectivity index (χ4n) is 3.34. The first kappa shape index (κ1) is 15.4. The van der Waals surface area contributed by atoms with Gasteiger partial charge in [0.15, 0.2) is 0 Å². The molecule has 0 radical (unpaired) electrons. The van der Waals surface area contributed by atoms with E-state index in [0.717, 1.165) is 43.4 Å². The second-order valence-corrected chi connectivity index (χ2v) is 7.01. The zero-order chi connectivity index (χ0) is 14.9. The number of halogens is 2. The van der Waals surface area contributed by atoms with Crippen LogP contribution in [0, 0.1) is 0 Å². The Labute approximate surface area is 135 Å². The van der Waals surface area contributed by atoms with Gasteiger partial charge in [0.25, 0.3) is 0 Å². The molecule has 2 N–H and O–H groups in total. The maximum atomic E-state index is 10.6. The van der Waals surface area contributed by atoms with Crippen LogP contribution in [0.3, 0.4) is 0 Å². The summed E-state index contributed by atoms with van der Waals surface area (Å²) in [6.45, 7) is 1.24. The molecule has 1 fully saturated rings. The molecule has 0 aromatic heterocycles. The highest BCUT2D eigenvalue weighted by Gasteiger charge is 2.31. The van der Waals surface area contributed by atoms with Crippen molar-refractivity contribution in [3.8, 4) is 5.75 Å². The highest BCUT2D eigenvalue weighted by atomic mass is 35.5. The van der Waals surface area contributed by atoms with Crippen molar-refractivity contribution in [3.63, 3.8) is 0 Å². The van der Waals surface area contributed by atoms with Crippen molar-refractivity contribution in [3.05, 3.63) is 27.7 Å². The third kappa shape index (κ3) is 3.48. The van der Waals surface area contributed by atoms with Gasteiger partial charge in [0.05, 0.1) is 17.2 Å². The van der Waals surface area contributed by atoms with Gasteiger partial charge in [-0.25, -0.2) is 0 Å². The molecule has 21 heavy (non-hydrogen) atoms. The summed E-state index contributed by atoms with van der Waals surface area (Å²) in [4.78, 5) is 0. The van der Waals surface area contributed by atoms with E-state index in [4.69, 9.17) is 27.9 Å². The van der Waals surface area contributed by atoms with Gasteiger partial charge >= 0.3 is 0 Å². The van der Waals surface area contributed by atoms with E-state index in [1.54, 1.807) is 6.07 Å². The van der Waals surface area contributed by atoms with E-state index in [9.17, 15) is 5.11 Å². The number of hydrogen-bond acceptors (Lipinski definition) is 3. The SMILES string of the molecule is OC1(CNC2CCOc3c(Cl)cc(Cl)cc32)CCCCC1. The van der Waals surface area contributed by atoms with Gasteiger partial charge in [0.2, 0.25) is 0 Å². The minimum atomic E-state index is -0.570. The van der Waals surface area contributed by atoms with Crippen LogP contribution >= 0.6 is 23.2 Å². The summed E-state index contributed by atoms with van der Waals surface area (Å²) < 4.78 is 5.66. The minimum Gasteiger partial charge on any atom is -0.492 e. The number of nitrogens with one attached hydrogen (secondary N) is 1. The molecule has 1 aliphatic carbocycles. The summed E-state index contributed by atoms with van der Waals surface area (Å²) in [6, 6.07) is 3.75. The van der Waals surface area contributed by atoms with Crippen LogP contribution in [0.2, 0.25) is 10.0 Å². The predicted molar refractivity (Wildman–Crippen MR) is 85.4 cm³/mol. The molecular formula is C16H21Cl2NO2. The van der Waals surface area contributed by atoms with E-state index in [-0.39, 0.29) is 6.04 Å². The normalized spacial score (nSPS) is 24.2. The average Bonchev–Trinajstić information content (AvgIpc) is 2.46. The van der Waals surface area contributed by atoms with Gasteiger partial charge in [-0.3, -0.25) is 0 Å². The van der Waals surface area contributed by atoms with Crippen molar-refractivity contribution < 1.29 is 9.84 Å². The zero-order valence-corrected chi connectivity index (χ0v) is 13.5. The Hall–Kier alpha value is -0.480. The van der Waals surface area contributed by atoms with Crippen LogP contribution in [-0.4, -0.2) is 23.9 Å². The molecule has 1 aromatic carbocycles. The second kappa shape index (κ2) is 6.33. The standard InChI is InChI=1S/C16H21Cl2NO2/c17-11-8-12-14(4-7-21-15(12)13(18)9-11)19-10-16(20)5-2-1-3-6-16/h8-9,14,19-20H,1-7,10H2. The summed E-state index contributed by atoms with van der Waals surface area (Å²) >= 11 is 12.3. The largest absolute Gasteiger partial charge is 0.492 e. The van der Waals surface area contributed by atoms with E-state index in [2.05, 4.69) is 5.32 Å².